The second-order valence-electron chi connectivity index (χ2n) is 5.61. The van der Waals surface area contributed by atoms with Crippen molar-refractivity contribution < 1.29 is 9.53 Å². The van der Waals surface area contributed by atoms with Gasteiger partial charge in [-0.1, -0.05) is 6.07 Å². The van der Waals surface area contributed by atoms with Crippen molar-refractivity contribution in [3.63, 3.8) is 0 Å². The van der Waals surface area contributed by atoms with Gasteiger partial charge in [-0.2, -0.15) is 11.3 Å². The van der Waals surface area contributed by atoms with Crippen molar-refractivity contribution in [2.75, 3.05) is 38.7 Å². The van der Waals surface area contributed by atoms with Gasteiger partial charge >= 0.3 is 0 Å². The molecule has 1 aromatic carbocycles. The molecule has 0 saturated carbocycles. The lowest BCUT2D eigenvalue weighted by Crippen LogP contribution is -2.42. The number of hydrogen-bond acceptors (Lipinski definition) is 4. The molecule has 0 spiro atoms. The van der Waals surface area contributed by atoms with Crippen molar-refractivity contribution in [3.05, 3.63) is 52.2 Å². The standard InChI is InChI=1S/C17H20N2O2S/c1-18(2)15-5-3-4-13(10-15)17(20)19-7-8-21-16(11-19)14-6-9-22-12-14/h3-6,9-10,12,16H,7-8,11H2,1-2H3/t16-/m0/s1. The zero-order chi connectivity index (χ0) is 15.5. The summed E-state index contributed by atoms with van der Waals surface area (Å²) in [6.07, 6.45) is -0.0130. The van der Waals surface area contributed by atoms with E-state index >= 15 is 0 Å². The van der Waals surface area contributed by atoms with Gasteiger partial charge in [0.05, 0.1) is 13.2 Å². The van der Waals surface area contributed by atoms with E-state index in [0.717, 1.165) is 16.8 Å². The Bertz CT molecular complexity index is 640. The Kier molecular flexibility index (Phi) is 4.45. The van der Waals surface area contributed by atoms with Crippen LogP contribution in [0, 0.1) is 0 Å². The molecule has 1 aliphatic heterocycles. The van der Waals surface area contributed by atoms with Gasteiger partial charge in [-0.05, 0) is 40.6 Å². The summed E-state index contributed by atoms with van der Waals surface area (Å²) in [7, 11) is 3.95. The van der Waals surface area contributed by atoms with E-state index in [2.05, 4.69) is 11.4 Å². The van der Waals surface area contributed by atoms with Crippen LogP contribution in [0.3, 0.4) is 0 Å². The average Bonchev–Trinajstić information content (AvgIpc) is 3.09. The monoisotopic (exact) mass is 316 g/mol. The first-order chi connectivity index (χ1) is 10.6. The zero-order valence-corrected chi connectivity index (χ0v) is 13.7. The Labute approximate surface area is 134 Å². The fourth-order valence-corrected chi connectivity index (χ4v) is 3.30. The number of nitrogens with zero attached hydrogens (tertiary/aromatic N) is 2. The minimum absolute atomic E-state index is 0.0130. The summed E-state index contributed by atoms with van der Waals surface area (Å²) in [4.78, 5) is 16.6. The SMILES string of the molecule is CN(C)c1cccc(C(=O)N2CCO[C@H](c3ccsc3)C2)c1. The van der Waals surface area contributed by atoms with E-state index in [9.17, 15) is 4.79 Å². The summed E-state index contributed by atoms with van der Waals surface area (Å²) in [5, 5.41) is 4.13. The van der Waals surface area contributed by atoms with Crippen molar-refractivity contribution >= 4 is 22.9 Å². The molecule has 3 rings (SSSR count). The first-order valence-electron chi connectivity index (χ1n) is 7.35. The molecule has 1 saturated heterocycles. The molecule has 0 unspecified atom stereocenters. The molecule has 2 aromatic rings. The van der Waals surface area contributed by atoms with Gasteiger partial charge in [-0.25, -0.2) is 0 Å². The molecule has 116 valence electrons. The smallest absolute Gasteiger partial charge is 0.254 e. The molecule has 4 nitrogen and oxygen atoms in total. The summed E-state index contributed by atoms with van der Waals surface area (Å²) in [6, 6.07) is 9.82. The van der Waals surface area contributed by atoms with E-state index in [0.29, 0.717) is 19.7 Å². The normalized spacial score (nSPS) is 18.3. The minimum Gasteiger partial charge on any atom is -0.378 e. The molecule has 1 aliphatic rings. The summed E-state index contributed by atoms with van der Waals surface area (Å²) in [6.45, 7) is 1.84. The van der Waals surface area contributed by atoms with Crippen molar-refractivity contribution in [1.82, 2.24) is 4.90 Å². The number of ether oxygens (including phenoxy) is 1. The third-order valence-corrected chi connectivity index (χ3v) is 4.58. The summed E-state index contributed by atoms with van der Waals surface area (Å²) in [5.74, 6) is 0.0761. The van der Waals surface area contributed by atoms with Crippen molar-refractivity contribution in [1.29, 1.82) is 0 Å². The van der Waals surface area contributed by atoms with E-state index < -0.39 is 0 Å². The number of benzene rings is 1. The number of hydrogen-bond donors (Lipinski definition) is 0. The third-order valence-electron chi connectivity index (χ3n) is 3.88. The number of thiophene rings is 1. The predicted molar refractivity (Wildman–Crippen MR) is 89.7 cm³/mol. The van der Waals surface area contributed by atoms with E-state index in [-0.39, 0.29) is 12.0 Å². The third kappa shape index (κ3) is 3.15. The van der Waals surface area contributed by atoms with Crippen LogP contribution in [0.2, 0.25) is 0 Å². The molecule has 0 bridgehead atoms. The Morgan fingerprint density at radius 2 is 2.23 bits per heavy atom. The van der Waals surface area contributed by atoms with Gasteiger partial charge in [0.1, 0.15) is 6.10 Å². The second kappa shape index (κ2) is 6.50. The lowest BCUT2D eigenvalue weighted by molar-refractivity contribution is -0.0226. The summed E-state index contributed by atoms with van der Waals surface area (Å²) >= 11 is 1.66. The maximum absolute atomic E-state index is 12.7. The van der Waals surface area contributed by atoms with E-state index in [1.807, 2.05) is 53.5 Å². The number of morpholine rings is 1. The van der Waals surface area contributed by atoms with Gasteiger partial charge in [0.25, 0.3) is 5.91 Å². The van der Waals surface area contributed by atoms with Crippen LogP contribution >= 0.6 is 11.3 Å². The highest BCUT2D eigenvalue weighted by atomic mass is 32.1. The predicted octanol–water partition coefficient (Wildman–Crippen LogP) is 3.03. The lowest BCUT2D eigenvalue weighted by Gasteiger charge is -2.33. The lowest BCUT2D eigenvalue weighted by atomic mass is 10.1. The molecule has 2 heterocycles. The molecular weight excluding hydrogens is 296 g/mol. The molecule has 0 aliphatic carbocycles. The van der Waals surface area contributed by atoms with Gasteiger partial charge in [-0.15, -0.1) is 0 Å². The highest BCUT2D eigenvalue weighted by Crippen LogP contribution is 2.25. The van der Waals surface area contributed by atoms with Gasteiger partial charge < -0.3 is 14.5 Å². The highest BCUT2D eigenvalue weighted by Gasteiger charge is 2.26. The fraction of sp³-hybridized carbons (Fsp3) is 0.353. The van der Waals surface area contributed by atoms with Gasteiger partial charge in [0.15, 0.2) is 0 Å². The number of carbonyl (C=O) groups excluding carboxylic acids is 1. The molecule has 1 fully saturated rings. The average molecular weight is 316 g/mol. The number of anilines is 1. The van der Waals surface area contributed by atoms with Crippen LogP contribution in [0.25, 0.3) is 0 Å². The Balaban J connectivity index is 1.75. The second-order valence-corrected chi connectivity index (χ2v) is 6.39. The van der Waals surface area contributed by atoms with Crippen LogP contribution in [-0.4, -0.2) is 44.6 Å². The maximum Gasteiger partial charge on any atom is 0.254 e. The summed E-state index contributed by atoms with van der Waals surface area (Å²) in [5.41, 5.74) is 2.93. The molecule has 0 N–H and O–H groups in total. The molecule has 5 heteroatoms. The first kappa shape index (κ1) is 15.1. The first-order valence-corrected chi connectivity index (χ1v) is 8.30. The Hall–Kier alpha value is -1.85. The van der Waals surface area contributed by atoms with Crippen molar-refractivity contribution in [3.8, 4) is 0 Å². The molecule has 22 heavy (non-hydrogen) atoms. The highest BCUT2D eigenvalue weighted by molar-refractivity contribution is 7.07. The quantitative estimate of drug-likeness (QED) is 0.872. The van der Waals surface area contributed by atoms with Gasteiger partial charge in [-0.3, -0.25) is 4.79 Å². The van der Waals surface area contributed by atoms with E-state index in [1.54, 1.807) is 11.3 Å². The van der Waals surface area contributed by atoms with Crippen LogP contribution in [0.5, 0.6) is 0 Å². The molecule has 0 radical (unpaired) electrons. The van der Waals surface area contributed by atoms with Crippen LogP contribution in [0.15, 0.2) is 41.1 Å². The number of rotatable bonds is 3. The fourth-order valence-electron chi connectivity index (χ4n) is 2.59. The molecule has 1 amide bonds. The molecule has 1 atom stereocenters. The van der Waals surface area contributed by atoms with Crippen LogP contribution in [0.4, 0.5) is 5.69 Å². The largest absolute Gasteiger partial charge is 0.378 e. The Morgan fingerprint density at radius 3 is 2.95 bits per heavy atom. The van der Waals surface area contributed by atoms with E-state index in [1.165, 1.54) is 0 Å². The summed E-state index contributed by atoms with van der Waals surface area (Å²) < 4.78 is 5.81. The van der Waals surface area contributed by atoms with Crippen molar-refractivity contribution in [2.24, 2.45) is 0 Å². The van der Waals surface area contributed by atoms with Crippen LogP contribution in [-0.2, 0) is 4.74 Å². The minimum atomic E-state index is -0.0130. The zero-order valence-electron chi connectivity index (χ0n) is 12.9. The number of amides is 1. The van der Waals surface area contributed by atoms with E-state index in [4.69, 9.17) is 4.74 Å². The van der Waals surface area contributed by atoms with Crippen molar-refractivity contribution in [2.45, 2.75) is 6.10 Å². The van der Waals surface area contributed by atoms with Crippen LogP contribution in [0.1, 0.15) is 22.0 Å². The van der Waals surface area contributed by atoms with Gasteiger partial charge in [0.2, 0.25) is 0 Å². The molecular formula is C17H20N2O2S. The Morgan fingerprint density at radius 1 is 1.36 bits per heavy atom. The van der Waals surface area contributed by atoms with Crippen LogP contribution < -0.4 is 4.90 Å². The maximum atomic E-state index is 12.7. The van der Waals surface area contributed by atoms with Gasteiger partial charge in [0, 0.05) is 31.9 Å². The number of carbonyl (C=O) groups is 1. The molecule has 1 aromatic heterocycles. The topological polar surface area (TPSA) is 32.8 Å².